The van der Waals surface area contributed by atoms with E-state index in [0.29, 0.717) is 6.42 Å². The van der Waals surface area contributed by atoms with Crippen molar-refractivity contribution in [1.82, 2.24) is 4.98 Å². The number of H-pyrrole nitrogens is 1. The number of aromatic nitrogens is 1. The molecule has 4 nitrogen and oxygen atoms in total. The highest BCUT2D eigenvalue weighted by Gasteiger charge is 2.12. The van der Waals surface area contributed by atoms with Crippen LogP contribution in [0, 0.1) is 13.8 Å². The van der Waals surface area contributed by atoms with Crippen molar-refractivity contribution in [3.05, 3.63) is 29.0 Å². The molecule has 2 aromatic rings. The Hall–Kier alpha value is -1.97. The van der Waals surface area contributed by atoms with E-state index >= 15 is 0 Å². The summed E-state index contributed by atoms with van der Waals surface area (Å²) in [6.07, 6.45) is 1.62. The highest BCUT2D eigenvalue weighted by Crippen LogP contribution is 2.30. The molecule has 0 bridgehead atoms. The Bertz CT molecular complexity index is 613. The van der Waals surface area contributed by atoms with Crippen LogP contribution in [0.2, 0.25) is 0 Å². The summed E-state index contributed by atoms with van der Waals surface area (Å²) in [5.74, 6) is 0.0924. The van der Waals surface area contributed by atoms with Crippen molar-refractivity contribution >= 4 is 16.9 Å². The first-order chi connectivity index (χ1) is 9.02. The third kappa shape index (κ3) is 2.72. The Morgan fingerprint density at radius 3 is 2.74 bits per heavy atom. The van der Waals surface area contributed by atoms with E-state index < -0.39 is 5.97 Å². The zero-order valence-electron chi connectivity index (χ0n) is 11.5. The molecule has 2 N–H and O–H groups in total. The monoisotopic (exact) mass is 261 g/mol. The van der Waals surface area contributed by atoms with Gasteiger partial charge in [-0.3, -0.25) is 4.79 Å². The second kappa shape index (κ2) is 5.34. The highest BCUT2D eigenvalue weighted by atomic mass is 16.5. The molecule has 0 radical (unpaired) electrons. The zero-order valence-corrected chi connectivity index (χ0v) is 11.5. The van der Waals surface area contributed by atoms with E-state index in [0.717, 1.165) is 34.3 Å². The van der Waals surface area contributed by atoms with E-state index in [1.807, 2.05) is 26.0 Å². The largest absolute Gasteiger partial charge is 0.497 e. The molecule has 2 rings (SSSR count). The van der Waals surface area contributed by atoms with Gasteiger partial charge in [-0.15, -0.1) is 0 Å². The molecule has 4 heteroatoms. The van der Waals surface area contributed by atoms with Crippen LogP contribution in [0.25, 0.3) is 10.9 Å². The predicted molar refractivity (Wildman–Crippen MR) is 74.9 cm³/mol. The van der Waals surface area contributed by atoms with Gasteiger partial charge in [-0.05, 0) is 49.9 Å². The lowest BCUT2D eigenvalue weighted by Crippen LogP contribution is -1.96. The number of benzene rings is 1. The van der Waals surface area contributed by atoms with Gasteiger partial charge in [-0.2, -0.15) is 0 Å². The van der Waals surface area contributed by atoms with Crippen LogP contribution in [0.4, 0.5) is 0 Å². The van der Waals surface area contributed by atoms with Crippen LogP contribution in [-0.4, -0.2) is 23.2 Å². The van der Waals surface area contributed by atoms with Crippen molar-refractivity contribution < 1.29 is 14.6 Å². The number of aromatic amines is 1. The van der Waals surface area contributed by atoms with Crippen molar-refractivity contribution in [3.8, 4) is 5.75 Å². The van der Waals surface area contributed by atoms with Gasteiger partial charge >= 0.3 is 5.97 Å². The normalized spacial score (nSPS) is 10.9. The molecule has 0 fully saturated rings. The summed E-state index contributed by atoms with van der Waals surface area (Å²) < 4.78 is 5.30. The quantitative estimate of drug-likeness (QED) is 0.868. The first-order valence-electron chi connectivity index (χ1n) is 6.40. The molecule has 0 amide bonds. The van der Waals surface area contributed by atoms with Gasteiger partial charge in [0.1, 0.15) is 5.75 Å². The molecule has 1 aromatic heterocycles. The number of hydrogen-bond donors (Lipinski definition) is 2. The fraction of sp³-hybridized carbons (Fsp3) is 0.400. The number of ether oxygens (including phenoxy) is 1. The molecule has 0 unspecified atom stereocenters. The van der Waals surface area contributed by atoms with Crippen molar-refractivity contribution in [2.45, 2.75) is 33.1 Å². The standard InChI is InChI=1S/C15H19NO3/c1-9-7-11(19-3)8-13-12(5-4-6-14(17)18)10(2)16-15(9)13/h7-8,16H,4-6H2,1-3H3,(H,17,18). The van der Waals surface area contributed by atoms with E-state index in [4.69, 9.17) is 9.84 Å². The lowest BCUT2D eigenvalue weighted by atomic mass is 10.0. The van der Waals surface area contributed by atoms with Gasteiger partial charge in [-0.1, -0.05) is 0 Å². The third-order valence-corrected chi connectivity index (χ3v) is 3.45. The van der Waals surface area contributed by atoms with E-state index in [9.17, 15) is 4.79 Å². The number of hydrogen-bond acceptors (Lipinski definition) is 2. The number of fused-ring (bicyclic) bond motifs is 1. The van der Waals surface area contributed by atoms with E-state index in [-0.39, 0.29) is 6.42 Å². The lowest BCUT2D eigenvalue weighted by Gasteiger charge is -2.04. The first kappa shape index (κ1) is 13.5. The third-order valence-electron chi connectivity index (χ3n) is 3.45. The summed E-state index contributed by atoms with van der Waals surface area (Å²) >= 11 is 0. The van der Waals surface area contributed by atoms with Crippen LogP contribution in [0.15, 0.2) is 12.1 Å². The van der Waals surface area contributed by atoms with Crippen LogP contribution >= 0.6 is 0 Å². The Balaban J connectivity index is 2.39. The second-order valence-electron chi connectivity index (χ2n) is 4.84. The molecular formula is C15H19NO3. The number of methoxy groups -OCH3 is 1. The summed E-state index contributed by atoms with van der Waals surface area (Å²) in [5.41, 5.74) is 4.56. The molecule has 0 aliphatic heterocycles. The van der Waals surface area contributed by atoms with Gasteiger partial charge in [0.25, 0.3) is 0 Å². The van der Waals surface area contributed by atoms with Crippen LogP contribution in [0.5, 0.6) is 5.75 Å². The summed E-state index contributed by atoms with van der Waals surface area (Å²) in [5, 5.41) is 9.86. The molecule has 0 aliphatic rings. The number of aryl methyl sites for hydroxylation is 3. The molecular weight excluding hydrogens is 242 g/mol. The number of aliphatic carboxylic acids is 1. The number of carbonyl (C=O) groups is 1. The Labute approximate surface area is 112 Å². The van der Waals surface area contributed by atoms with E-state index in [1.165, 1.54) is 5.56 Å². The van der Waals surface area contributed by atoms with E-state index in [2.05, 4.69) is 4.98 Å². The molecule has 102 valence electrons. The fourth-order valence-corrected chi connectivity index (χ4v) is 2.48. The van der Waals surface area contributed by atoms with Crippen molar-refractivity contribution in [2.75, 3.05) is 7.11 Å². The lowest BCUT2D eigenvalue weighted by molar-refractivity contribution is -0.137. The summed E-state index contributed by atoms with van der Waals surface area (Å²) in [4.78, 5) is 14.0. The fourth-order valence-electron chi connectivity index (χ4n) is 2.48. The van der Waals surface area contributed by atoms with Gasteiger partial charge in [-0.25, -0.2) is 0 Å². The highest BCUT2D eigenvalue weighted by molar-refractivity contribution is 5.88. The van der Waals surface area contributed by atoms with Gasteiger partial charge < -0.3 is 14.8 Å². The average Bonchev–Trinajstić information content (AvgIpc) is 2.66. The molecule has 1 heterocycles. The van der Waals surface area contributed by atoms with Gasteiger partial charge in [0, 0.05) is 23.0 Å². The second-order valence-corrected chi connectivity index (χ2v) is 4.84. The maximum Gasteiger partial charge on any atom is 0.303 e. The number of carboxylic acids is 1. The molecule has 0 spiro atoms. The topological polar surface area (TPSA) is 62.3 Å². The average molecular weight is 261 g/mol. The van der Waals surface area contributed by atoms with Crippen molar-refractivity contribution in [3.63, 3.8) is 0 Å². The molecule has 0 atom stereocenters. The Morgan fingerprint density at radius 1 is 1.37 bits per heavy atom. The van der Waals surface area contributed by atoms with Crippen molar-refractivity contribution in [1.29, 1.82) is 0 Å². The molecule has 0 saturated carbocycles. The maximum atomic E-state index is 10.6. The number of rotatable bonds is 5. The summed E-state index contributed by atoms with van der Waals surface area (Å²) in [6, 6.07) is 4.02. The zero-order chi connectivity index (χ0) is 14.0. The Kier molecular flexibility index (Phi) is 3.79. The molecule has 1 aromatic carbocycles. The first-order valence-corrected chi connectivity index (χ1v) is 6.40. The van der Waals surface area contributed by atoms with E-state index in [1.54, 1.807) is 7.11 Å². The van der Waals surface area contributed by atoms with Crippen LogP contribution < -0.4 is 4.74 Å². The maximum absolute atomic E-state index is 10.6. The van der Waals surface area contributed by atoms with Crippen molar-refractivity contribution in [2.24, 2.45) is 0 Å². The number of carboxylic acid groups (broad SMARTS) is 1. The van der Waals surface area contributed by atoms with Gasteiger partial charge in [0.05, 0.1) is 7.11 Å². The van der Waals surface area contributed by atoms with Crippen LogP contribution in [0.3, 0.4) is 0 Å². The minimum absolute atomic E-state index is 0.203. The predicted octanol–water partition coefficient (Wildman–Crippen LogP) is 3.20. The molecule has 0 aliphatic carbocycles. The van der Waals surface area contributed by atoms with Gasteiger partial charge in [0.15, 0.2) is 0 Å². The molecule has 19 heavy (non-hydrogen) atoms. The smallest absolute Gasteiger partial charge is 0.303 e. The molecule has 0 saturated heterocycles. The van der Waals surface area contributed by atoms with Crippen LogP contribution in [-0.2, 0) is 11.2 Å². The van der Waals surface area contributed by atoms with Gasteiger partial charge in [0.2, 0.25) is 0 Å². The summed E-state index contributed by atoms with van der Waals surface area (Å²) in [6.45, 7) is 4.07. The Morgan fingerprint density at radius 2 is 2.11 bits per heavy atom. The minimum Gasteiger partial charge on any atom is -0.497 e. The minimum atomic E-state index is -0.744. The number of nitrogens with one attached hydrogen (secondary N) is 1. The van der Waals surface area contributed by atoms with Crippen LogP contribution in [0.1, 0.15) is 29.7 Å². The summed E-state index contributed by atoms with van der Waals surface area (Å²) in [7, 11) is 1.66. The SMILES string of the molecule is COc1cc(C)c2[nH]c(C)c(CCCC(=O)O)c2c1.